The van der Waals surface area contributed by atoms with Crippen LogP contribution < -0.4 is 5.32 Å². The first kappa shape index (κ1) is 16.3. The Labute approximate surface area is 106 Å². The average Bonchev–Trinajstić information content (AvgIpc) is 2.32. The molecule has 16 heavy (non-hydrogen) atoms. The Morgan fingerprint density at radius 3 is 2.25 bits per heavy atom. The highest BCUT2D eigenvalue weighted by atomic mass is 32.2. The fraction of sp³-hybridized carbons (Fsp3) is 1.00. The van der Waals surface area contributed by atoms with Crippen molar-refractivity contribution in [2.45, 2.75) is 58.0 Å². The molecule has 0 saturated carbocycles. The molecule has 98 valence electrons. The van der Waals surface area contributed by atoms with Crippen LogP contribution in [0, 0.1) is 0 Å². The standard InChI is InChI=1S/C13H29NOS/c1-4-13(15,5-2)12-14-10-8-6-7-9-11-16-3/h14-15H,4-12H2,1-3H3. The van der Waals surface area contributed by atoms with Gasteiger partial charge in [0, 0.05) is 6.54 Å². The Morgan fingerprint density at radius 1 is 1.06 bits per heavy atom. The van der Waals surface area contributed by atoms with Crippen molar-refractivity contribution in [3.8, 4) is 0 Å². The van der Waals surface area contributed by atoms with Crippen LogP contribution in [0.15, 0.2) is 0 Å². The fourth-order valence-corrected chi connectivity index (χ4v) is 2.16. The first-order valence-electron chi connectivity index (χ1n) is 6.60. The molecule has 0 bridgehead atoms. The first-order chi connectivity index (χ1) is 7.68. The number of rotatable bonds is 11. The molecular weight excluding hydrogens is 218 g/mol. The van der Waals surface area contributed by atoms with E-state index in [9.17, 15) is 5.11 Å². The zero-order valence-corrected chi connectivity index (χ0v) is 12.0. The van der Waals surface area contributed by atoms with E-state index >= 15 is 0 Å². The lowest BCUT2D eigenvalue weighted by Gasteiger charge is -2.25. The molecule has 2 N–H and O–H groups in total. The second-order valence-electron chi connectivity index (χ2n) is 4.52. The topological polar surface area (TPSA) is 32.3 Å². The number of thioether (sulfide) groups is 1. The van der Waals surface area contributed by atoms with Crippen molar-refractivity contribution in [2.24, 2.45) is 0 Å². The van der Waals surface area contributed by atoms with Gasteiger partial charge in [-0.1, -0.05) is 26.7 Å². The summed E-state index contributed by atoms with van der Waals surface area (Å²) in [5, 5.41) is 13.4. The van der Waals surface area contributed by atoms with Crippen molar-refractivity contribution in [1.29, 1.82) is 0 Å². The average molecular weight is 247 g/mol. The molecule has 0 heterocycles. The Kier molecular flexibility index (Phi) is 10.6. The van der Waals surface area contributed by atoms with Gasteiger partial charge in [-0.3, -0.25) is 0 Å². The van der Waals surface area contributed by atoms with Gasteiger partial charge in [0.15, 0.2) is 0 Å². The van der Waals surface area contributed by atoms with Crippen LogP contribution in [-0.4, -0.2) is 35.8 Å². The van der Waals surface area contributed by atoms with Crippen molar-refractivity contribution in [2.75, 3.05) is 25.1 Å². The minimum Gasteiger partial charge on any atom is -0.389 e. The van der Waals surface area contributed by atoms with Gasteiger partial charge in [-0.25, -0.2) is 0 Å². The number of nitrogens with one attached hydrogen (secondary N) is 1. The van der Waals surface area contributed by atoms with Crippen molar-refractivity contribution in [1.82, 2.24) is 5.32 Å². The van der Waals surface area contributed by atoms with Crippen LogP contribution in [0.25, 0.3) is 0 Å². The molecule has 0 aromatic heterocycles. The van der Waals surface area contributed by atoms with Crippen LogP contribution in [0.3, 0.4) is 0 Å². The summed E-state index contributed by atoms with van der Waals surface area (Å²) in [6, 6.07) is 0. The monoisotopic (exact) mass is 247 g/mol. The minimum absolute atomic E-state index is 0.487. The van der Waals surface area contributed by atoms with Gasteiger partial charge in [-0.2, -0.15) is 11.8 Å². The molecule has 0 rings (SSSR count). The Hall–Kier alpha value is 0.270. The normalized spacial score (nSPS) is 12.0. The smallest absolute Gasteiger partial charge is 0.0766 e. The molecule has 0 spiro atoms. The molecule has 0 aliphatic heterocycles. The van der Waals surface area contributed by atoms with E-state index in [-0.39, 0.29) is 0 Å². The largest absolute Gasteiger partial charge is 0.389 e. The highest BCUT2D eigenvalue weighted by Gasteiger charge is 2.20. The van der Waals surface area contributed by atoms with Crippen LogP contribution in [0.2, 0.25) is 0 Å². The van der Waals surface area contributed by atoms with Gasteiger partial charge in [0.25, 0.3) is 0 Å². The quantitative estimate of drug-likeness (QED) is 0.550. The van der Waals surface area contributed by atoms with E-state index in [1.165, 1.54) is 31.4 Å². The summed E-state index contributed by atoms with van der Waals surface area (Å²) < 4.78 is 0. The van der Waals surface area contributed by atoms with E-state index in [4.69, 9.17) is 0 Å². The predicted molar refractivity (Wildman–Crippen MR) is 75.3 cm³/mol. The molecule has 3 heteroatoms. The lowest BCUT2D eigenvalue weighted by Crippen LogP contribution is -2.39. The lowest BCUT2D eigenvalue weighted by molar-refractivity contribution is 0.0327. The molecule has 0 fully saturated rings. The van der Waals surface area contributed by atoms with Crippen molar-refractivity contribution in [3.05, 3.63) is 0 Å². The maximum Gasteiger partial charge on any atom is 0.0766 e. The molecule has 0 aromatic carbocycles. The highest BCUT2D eigenvalue weighted by Crippen LogP contribution is 2.12. The molecule has 0 aliphatic carbocycles. The molecule has 0 aromatic rings. The van der Waals surface area contributed by atoms with Crippen molar-refractivity contribution < 1.29 is 5.11 Å². The molecule has 0 amide bonds. The van der Waals surface area contributed by atoms with Crippen LogP contribution in [0.4, 0.5) is 0 Å². The van der Waals surface area contributed by atoms with E-state index in [0.29, 0.717) is 0 Å². The van der Waals surface area contributed by atoms with Gasteiger partial charge in [-0.05, 0) is 44.2 Å². The fourth-order valence-electron chi connectivity index (χ4n) is 1.67. The third-order valence-electron chi connectivity index (χ3n) is 3.22. The van der Waals surface area contributed by atoms with E-state index < -0.39 is 5.60 Å². The number of unbranched alkanes of at least 4 members (excludes halogenated alkanes) is 3. The number of aliphatic hydroxyl groups is 1. The van der Waals surface area contributed by atoms with E-state index in [2.05, 4.69) is 11.6 Å². The third kappa shape index (κ3) is 8.43. The summed E-state index contributed by atoms with van der Waals surface area (Å²) in [6.07, 6.45) is 9.07. The van der Waals surface area contributed by atoms with Crippen molar-refractivity contribution >= 4 is 11.8 Å². The molecular formula is C13H29NOS. The maximum absolute atomic E-state index is 10.0. The third-order valence-corrected chi connectivity index (χ3v) is 3.92. The summed E-state index contributed by atoms with van der Waals surface area (Å²) in [7, 11) is 0. The summed E-state index contributed by atoms with van der Waals surface area (Å²) >= 11 is 1.93. The van der Waals surface area contributed by atoms with Gasteiger partial charge < -0.3 is 10.4 Å². The molecule has 0 aliphatic rings. The molecule has 0 saturated heterocycles. The first-order valence-corrected chi connectivity index (χ1v) is 8.00. The van der Waals surface area contributed by atoms with E-state index in [1.807, 2.05) is 25.6 Å². The molecule has 0 unspecified atom stereocenters. The zero-order valence-electron chi connectivity index (χ0n) is 11.2. The van der Waals surface area contributed by atoms with Gasteiger partial charge in [0.05, 0.1) is 5.60 Å². The second kappa shape index (κ2) is 10.4. The van der Waals surface area contributed by atoms with E-state index in [1.54, 1.807) is 0 Å². The molecule has 2 nitrogen and oxygen atoms in total. The minimum atomic E-state index is -0.487. The van der Waals surface area contributed by atoms with Gasteiger partial charge >= 0.3 is 0 Å². The summed E-state index contributed by atoms with van der Waals surface area (Å²) in [6.45, 7) is 5.88. The zero-order chi connectivity index (χ0) is 12.3. The van der Waals surface area contributed by atoms with Gasteiger partial charge in [0.1, 0.15) is 0 Å². The summed E-state index contributed by atoms with van der Waals surface area (Å²) in [5.74, 6) is 1.29. The lowest BCUT2D eigenvalue weighted by atomic mass is 9.97. The van der Waals surface area contributed by atoms with E-state index in [0.717, 1.165) is 25.9 Å². The highest BCUT2D eigenvalue weighted by molar-refractivity contribution is 7.98. The van der Waals surface area contributed by atoms with Gasteiger partial charge in [-0.15, -0.1) is 0 Å². The Balaban J connectivity index is 3.26. The van der Waals surface area contributed by atoms with Crippen molar-refractivity contribution in [3.63, 3.8) is 0 Å². The van der Waals surface area contributed by atoms with Gasteiger partial charge in [0.2, 0.25) is 0 Å². The molecule has 0 radical (unpaired) electrons. The maximum atomic E-state index is 10.0. The summed E-state index contributed by atoms with van der Waals surface area (Å²) in [4.78, 5) is 0. The molecule has 0 atom stereocenters. The van der Waals surface area contributed by atoms with Crippen LogP contribution >= 0.6 is 11.8 Å². The number of hydrogen-bond donors (Lipinski definition) is 2. The number of hydrogen-bond acceptors (Lipinski definition) is 3. The second-order valence-corrected chi connectivity index (χ2v) is 5.50. The van der Waals surface area contributed by atoms with Crippen LogP contribution in [0.5, 0.6) is 0 Å². The Morgan fingerprint density at radius 2 is 1.69 bits per heavy atom. The Bertz CT molecular complexity index is 149. The predicted octanol–water partition coefficient (Wildman–Crippen LogP) is 3.05. The summed E-state index contributed by atoms with van der Waals surface area (Å²) in [5.41, 5.74) is -0.487. The van der Waals surface area contributed by atoms with Crippen LogP contribution in [0.1, 0.15) is 52.4 Å². The van der Waals surface area contributed by atoms with Crippen LogP contribution in [-0.2, 0) is 0 Å². The SMILES string of the molecule is CCC(O)(CC)CNCCCCCCSC.